The molecule has 1 aliphatic rings. The zero-order valence-corrected chi connectivity index (χ0v) is 11.3. The van der Waals surface area contributed by atoms with Gasteiger partial charge in [0.25, 0.3) is 0 Å². The van der Waals surface area contributed by atoms with Crippen molar-refractivity contribution in [2.75, 3.05) is 19.6 Å². The van der Waals surface area contributed by atoms with Gasteiger partial charge in [0.1, 0.15) is 5.78 Å². The van der Waals surface area contributed by atoms with E-state index in [1.807, 2.05) is 24.3 Å². The van der Waals surface area contributed by atoms with Crippen molar-refractivity contribution < 1.29 is 4.79 Å². The number of benzene rings is 1. The van der Waals surface area contributed by atoms with Crippen LogP contribution in [0.3, 0.4) is 0 Å². The number of halogens is 1. The molecule has 18 heavy (non-hydrogen) atoms. The third-order valence-electron chi connectivity index (χ3n) is 3.43. The molecule has 4 heteroatoms. The fourth-order valence-corrected chi connectivity index (χ4v) is 2.43. The van der Waals surface area contributed by atoms with E-state index in [1.165, 1.54) is 0 Å². The van der Waals surface area contributed by atoms with Gasteiger partial charge < -0.3 is 10.6 Å². The van der Waals surface area contributed by atoms with Gasteiger partial charge in [-0.15, -0.1) is 0 Å². The highest BCUT2D eigenvalue weighted by Crippen LogP contribution is 2.19. The minimum Gasteiger partial charge on any atom is -0.315 e. The van der Waals surface area contributed by atoms with Gasteiger partial charge >= 0.3 is 0 Å². The molecular weight excluding hydrogens is 248 g/mol. The highest BCUT2D eigenvalue weighted by atomic mass is 35.5. The third kappa shape index (κ3) is 3.55. The van der Waals surface area contributed by atoms with Gasteiger partial charge in [0.05, 0.1) is 5.92 Å². The summed E-state index contributed by atoms with van der Waals surface area (Å²) in [5.41, 5.74) is 1.03. The summed E-state index contributed by atoms with van der Waals surface area (Å²) in [4.78, 5) is 11.7. The maximum absolute atomic E-state index is 11.7. The molecule has 0 unspecified atom stereocenters. The Labute approximate surface area is 113 Å². The summed E-state index contributed by atoms with van der Waals surface area (Å²) in [6.45, 7) is 4.39. The monoisotopic (exact) mass is 266 g/mol. The Kier molecular flexibility index (Phi) is 4.75. The van der Waals surface area contributed by atoms with E-state index in [1.54, 1.807) is 6.92 Å². The molecule has 0 saturated carbocycles. The van der Waals surface area contributed by atoms with Crippen LogP contribution in [0.4, 0.5) is 0 Å². The summed E-state index contributed by atoms with van der Waals surface area (Å²) in [6.07, 6.45) is 1.13. The first-order valence-electron chi connectivity index (χ1n) is 6.37. The van der Waals surface area contributed by atoms with Crippen LogP contribution in [0.25, 0.3) is 0 Å². The highest BCUT2D eigenvalue weighted by molar-refractivity contribution is 6.30. The van der Waals surface area contributed by atoms with Crippen LogP contribution in [0.1, 0.15) is 24.8 Å². The molecule has 1 aromatic carbocycles. The summed E-state index contributed by atoms with van der Waals surface area (Å²) in [7, 11) is 0. The lowest BCUT2D eigenvalue weighted by molar-refractivity contribution is -0.118. The molecule has 0 aliphatic carbocycles. The highest BCUT2D eigenvalue weighted by Gasteiger charge is 2.20. The maximum atomic E-state index is 11.7. The lowest BCUT2D eigenvalue weighted by Gasteiger charge is -2.18. The number of hydrogen-bond acceptors (Lipinski definition) is 3. The summed E-state index contributed by atoms with van der Waals surface area (Å²) in [5, 5.41) is 7.47. The molecule has 98 valence electrons. The summed E-state index contributed by atoms with van der Waals surface area (Å²) >= 11 is 5.87. The van der Waals surface area contributed by atoms with Crippen molar-refractivity contribution in [3.8, 4) is 0 Å². The van der Waals surface area contributed by atoms with Gasteiger partial charge in [-0.2, -0.15) is 0 Å². The third-order valence-corrected chi connectivity index (χ3v) is 3.69. The van der Waals surface area contributed by atoms with Crippen molar-refractivity contribution in [1.29, 1.82) is 0 Å². The quantitative estimate of drug-likeness (QED) is 0.856. The first-order chi connectivity index (χ1) is 8.66. The second kappa shape index (κ2) is 6.32. The maximum Gasteiger partial charge on any atom is 0.138 e. The molecule has 0 aromatic heterocycles. The van der Waals surface area contributed by atoms with Gasteiger partial charge in [-0.05, 0) is 37.6 Å². The van der Waals surface area contributed by atoms with Crippen LogP contribution in [0.15, 0.2) is 24.3 Å². The van der Waals surface area contributed by atoms with E-state index in [0.29, 0.717) is 17.6 Å². The van der Waals surface area contributed by atoms with Crippen molar-refractivity contribution in [1.82, 2.24) is 10.6 Å². The number of carbonyl (C=O) groups excluding carboxylic acids is 1. The van der Waals surface area contributed by atoms with Gasteiger partial charge in [0.2, 0.25) is 0 Å². The summed E-state index contributed by atoms with van der Waals surface area (Å²) < 4.78 is 0. The van der Waals surface area contributed by atoms with Gasteiger partial charge in [-0.1, -0.05) is 23.7 Å². The van der Waals surface area contributed by atoms with E-state index in [4.69, 9.17) is 11.6 Å². The van der Waals surface area contributed by atoms with E-state index >= 15 is 0 Å². The lowest BCUT2D eigenvalue weighted by atomic mass is 9.95. The second-order valence-corrected chi connectivity index (χ2v) is 5.25. The average molecular weight is 267 g/mol. The van der Waals surface area contributed by atoms with Gasteiger partial charge in [-0.3, -0.25) is 4.79 Å². The summed E-state index contributed by atoms with van der Waals surface area (Å²) in [5.74, 6) is 0.110. The van der Waals surface area contributed by atoms with E-state index in [0.717, 1.165) is 25.1 Å². The van der Waals surface area contributed by atoms with Crippen molar-refractivity contribution >= 4 is 17.4 Å². The molecule has 0 amide bonds. The molecule has 1 aliphatic heterocycles. The number of carbonyl (C=O) groups is 1. The van der Waals surface area contributed by atoms with Crippen LogP contribution in [0.2, 0.25) is 5.02 Å². The van der Waals surface area contributed by atoms with Crippen LogP contribution < -0.4 is 10.6 Å². The van der Waals surface area contributed by atoms with Gasteiger partial charge in [0, 0.05) is 24.2 Å². The number of Topliss-reactive ketones (excluding diaryl/α,β-unsaturated/α-hetero) is 1. The zero-order chi connectivity index (χ0) is 13.0. The average Bonchev–Trinajstić information content (AvgIpc) is 2.84. The van der Waals surface area contributed by atoms with Crippen LogP contribution in [0, 0.1) is 0 Å². The van der Waals surface area contributed by atoms with Crippen LogP contribution >= 0.6 is 11.6 Å². The van der Waals surface area contributed by atoms with Crippen LogP contribution in [-0.4, -0.2) is 31.5 Å². The fourth-order valence-electron chi connectivity index (χ4n) is 2.30. The van der Waals surface area contributed by atoms with E-state index in [-0.39, 0.29) is 11.7 Å². The molecule has 0 radical (unpaired) electrons. The van der Waals surface area contributed by atoms with Crippen LogP contribution in [0.5, 0.6) is 0 Å². The SMILES string of the molecule is CC(=O)[C@H](CN[C@H]1CCNC1)c1ccc(Cl)cc1. The van der Waals surface area contributed by atoms with E-state index in [9.17, 15) is 4.79 Å². The Morgan fingerprint density at radius 3 is 2.78 bits per heavy atom. The molecule has 0 spiro atoms. The van der Waals surface area contributed by atoms with Crippen molar-refractivity contribution in [2.45, 2.75) is 25.3 Å². The molecule has 1 heterocycles. The van der Waals surface area contributed by atoms with E-state index in [2.05, 4.69) is 10.6 Å². The molecule has 1 saturated heterocycles. The first-order valence-corrected chi connectivity index (χ1v) is 6.74. The molecule has 0 bridgehead atoms. The largest absolute Gasteiger partial charge is 0.315 e. The topological polar surface area (TPSA) is 41.1 Å². The van der Waals surface area contributed by atoms with Gasteiger partial charge in [0.15, 0.2) is 0 Å². The number of nitrogens with one attached hydrogen (secondary N) is 2. The smallest absolute Gasteiger partial charge is 0.138 e. The van der Waals surface area contributed by atoms with Gasteiger partial charge in [-0.25, -0.2) is 0 Å². The molecular formula is C14H19ClN2O. The van der Waals surface area contributed by atoms with E-state index < -0.39 is 0 Å². The standard InChI is InChI=1S/C14H19ClN2O/c1-10(18)14(9-17-13-6-7-16-8-13)11-2-4-12(15)5-3-11/h2-5,13-14,16-17H,6-9H2,1H3/t13-,14-/m0/s1. The summed E-state index contributed by atoms with van der Waals surface area (Å²) in [6, 6.07) is 8.03. The van der Waals surface area contributed by atoms with Crippen molar-refractivity contribution in [2.24, 2.45) is 0 Å². The second-order valence-electron chi connectivity index (χ2n) is 4.81. The Hall–Kier alpha value is -0.900. The Balaban J connectivity index is 1.99. The predicted octanol–water partition coefficient (Wildman–Crippen LogP) is 1.96. The fraction of sp³-hybridized carbons (Fsp3) is 0.500. The Bertz CT molecular complexity index is 399. The Morgan fingerprint density at radius 1 is 1.50 bits per heavy atom. The van der Waals surface area contributed by atoms with Crippen molar-refractivity contribution in [3.63, 3.8) is 0 Å². The number of rotatable bonds is 5. The zero-order valence-electron chi connectivity index (χ0n) is 10.6. The molecule has 2 atom stereocenters. The molecule has 1 fully saturated rings. The minimum atomic E-state index is -0.0807. The minimum absolute atomic E-state index is 0.0807. The van der Waals surface area contributed by atoms with Crippen molar-refractivity contribution in [3.05, 3.63) is 34.9 Å². The molecule has 1 aromatic rings. The normalized spacial score (nSPS) is 20.9. The van der Waals surface area contributed by atoms with Crippen LogP contribution in [-0.2, 0) is 4.79 Å². The predicted molar refractivity (Wildman–Crippen MR) is 74.2 cm³/mol. The Morgan fingerprint density at radius 2 is 2.22 bits per heavy atom. The molecule has 3 nitrogen and oxygen atoms in total. The number of hydrogen-bond donors (Lipinski definition) is 2. The lowest BCUT2D eigenvalue weighted by Crippen LogP contribution is -2.35. The molecule has 2 N–H and O–H groups in total. The first kappa shape index (κ1) is 13.5. The number of ketones is 1. The molecule has 2 rings (SSSR count).